The van der Waals surface area contributed by atoms with E-state index < -0.39 is 11.9 Å². The number of hydrogen-bond donors (Lipinski definition) is 2. The van der Waals surface area contributed by atoms with Crippen molar-refractivity contribution in [3.05, 3.63) is 65.7 Å². The third-order valence-corrected chi connectivity index (χ3v) is 3.12. The lowest BCUT2D eigenvalue weighted by Crippen LogP contribution is -2.35. The second kappa shape index (κ2) is 7.45. The van der Waals surface area contributed by atoms with E-state index in [0.717, 1.165) is 11.1 Å². The molecule has 21 heavy (non-hydrogen) atoms. The smallest absolute Gasteiger partial charge is 0.307 e. The predicted octanol–water partition coefficient (Wildman–Crippen LogP) is 3.16. The molecule has 0 atom stereocenters. The lowest BCUT2D eigenvalue weighted by atomic mass is 10.0. The summed E-state index contributed by atoms with van der Waals surface area (Å²) in [5.41, 5.74) is 2.78. The molecular formula is C16H15ClN2O2. The fourth-order valence-corrected chi connectivity index (χ4v) is 1.99. The molecular weight excluding hydrogens is 288 g/mol. The lowest BCUT2D eigenvalue weighted by Gasteiger charge is -2.11. The number of carbonyl (C=O) groups excluding carboxylic acids is 2. The van der Waals surface area contributed by atoms with Crippen molar-refractivity contribution in [2.45, 2.75) is 6.42 Å². The van der Waals surface area contributed by atoms with Crippen molar-refractivity contribution in [2.24, 2.45) is 0 Å². The highest BCUT2D eigenvalue weighted by molar-refractivity contribution is 6.28. The van der Waals surface area contributed by atoms with Gasteiger partial charge in [-0.2, -0.15) is 0 Å². The summed E-state index contributed by atoms with van der Waals surface area (Å²) in [4.78, 5) is 22.8. The first-order valence-electron chi connectivity index (χ1n) is 6.47. The minimum Gasteiger partial charge on any atom is -0.307 e. The van der Waals surface area contributed by atoms with Crippen molar-refractivity contribution in [3.63, 3.8) is 0 Å². The van der Waals surface area contributed by atoms with Gasteiger partial charge in [-0.1, -0.05) is 48.5 Å². The number of hydrogen-bond acceptors (Lipinski definition) is 2. The Morgan fingerprint density at radius 3 is 2.33 bits per heavy atom. The Hall–Kier alpha value is -2.33. The fraction of sp³-hybridized carbons (Fsp3) is 0.125. The summed E-state index contributed by atoms with van der Waals surface area (Å²) < 4.78 is 0. The maximum absolute atomic E-state index is 11.7. The van der Waals surface area contributed by atoms with E-state index in [1.54, 1.807) is 6.07 Å². The molecule has 0 unspecified atom stereocenters. The zero-order chi connectivity index (χ0) is 15.1. The van der Waals surface area contributed by atoms with Crippen LogP contribution in [0.4, 0.5) is 10.5 Å². The standard InChI is InChI=1S/C16H15ClN2O2/c17-11-15(20)19-16(21)18-14-9-5-4-8-13(14)10-12-6-2-1-3-7-12/h1-9H,10-11H2,(H2,18,19,20,21). The van der Waals surface area contributed by atoms with Crippen LogP contribution in [0.1, 0.15) is 11.1 Å². The molecule has 0 bridgehead atoms. The lowest BCUT2D eigenvalue weighted by molar-refractivity contribution is -0.117. The van der Waals surface area contributed by atoms with Crippen LogP contribution in [-0.2, 0) is 11.2 Å². The van der Waals surface area contributed by atoms with Crippen LogP contribution in [0.2, 0.25) is 0 Å². The predicted molar refractivity (Wildman–Crippen MR) is 83.6 cm³/mol. The molecule has 0 spiro atoms. The number of nitrogens with one attached hydrogen (secondary N) is 2. The zero-order valence-corrected chi connectivity index (χ0v) is 12.1. The first-order chi connectivity index (χ1) is 10.2. The number of benzene rings is 2. The topological polar surface area (TPSA) is 58.2 Å². The quantitative estimate of drug-likeness (QED) is 0.852. The van der Waals surface area contributed by atoms with E-state index in [2.05, 4.69) is 10.6 Å². The third-order valence-electron chi connectivity index (χ3n) is 2.88. The largest absolute Gasteiger partial charge is 0.325 e. The highest BCUT2D eigenvalue weighted by Crippen LogP contribution is 2.18. The number of carbonyl (C=O) groups is 2. The van der Waals surface area contributed by atoms with E-state index >= 15 is 0 Å². The van der Waals surface area contributed by atoms with Gasteiger partial charge in [-0.3, -0.25) is 10.1 Å². The number of halogens is 1. The monoisotopic (exact) mass is 302 g/mol. The first kappa shape index (κ1) is 15.1. The Labute approximate surface area is 128 Å². The average Bonchev–Trinajstić information content (AvgIpc) is 2.50. The molecule has 2 N–H and O–H groups in total. The van der Waals surface area contributed by atoms with E-state index in [9.17, 15) is 9.59 Å². The molecule has 108 valence electrons. The molecule has 2 rings (SSSR count). The molecule has 0 aliphatic heterocycles. The summed E-state index contributed by atoms with van der Waals surface area (Å²) in [5.74, 6) is -0.784. The van der Waals surface area contributed by atoms with Crippen LogP contribution in [0.5, 0.6) is 0 Å². The van der Waals surface area contributed by atoms with E-state index in [4.69, 9.17) is 11.6 Å². The molecule has 0 aromatic heterocycles. The second-order valence-corrected chi connectivity index (χ2v) is 4.72. The molecule has 0 aliphatic rings. The highest BCUT2D eigenvalue weighted by atomic mass is 35.5. The molecule has 0 saturated carbocycles. The Bertz CT molecular complexity index is 629. The van der Waals surface area contributed by atoms with Gasteiger partial charge < -0.3 is 5.32 Å². The van der Waals surface area contributed by atoms with Crippen molar-refractivity contribution < 1.29 is 9.59 Å². The van der Waals surface area contributed by atoms with E-state index in [1.165, 1.54) is 0 Å². The Morgan fingerprint density at radius 1 is 0.952 bits per heavy atom. The van der Waals surface area contributed by atoms with Gasteiger partial charge in [-0.15, -0.1) is 11.6 Å². The summed E-state index contributed by atoms with van der Waals surface area (Å²) in [6.45, 7) is 0. The molecule has 3 amide bonds. The van der Waals surface area contributed by atoms with Crippen molar-refractivity contribution in [1.82, 2.24) is 5.32 Å². The molecule has 0 fully saturated rings. The van der Waals surface area contributed by atoms with Gasteiger partial charge in [0.15, 0.2) is 0 Å². The van der Waals surface area contributed by atoms with Crippen molar-refractivity contribution in [3.8, 4) is 0 Å². The molecule has 0 radical (unpaired) electrons. The van der Waals surface area contributed by atoms with Crippen LogP contribution in [0.3, 0.4) is 0 Å². The molecule has 2 aromatic carbocycles. The van der Waals surface area contributed by atoms with Gasteiger partial charge >= 0.3 is 6.03 Å². The highest BCUT2D eigenvalue weighted by Gasteiger charge is 2.09. The van der Waals surface area contributed by atoms with Gasteiger partial charge in [0.25, 0.3) is 0 Å². The van der Waals surface area contributed by atoms with Crippen molar-refractivity contribution >= 4 is 29.2 Å². The minimum absolute atomic E-state index is 0.251. The number of alkyl halides is 1. The van der Waals surface area contributed by atoms with Crippen molar-refractivity contribution in [2.75, 3.05) is 11.2 Å². The van der Waals surface area contributed by atoms with Crippen LogP contribution in [0.15, 0.2) is 54.6 Å². The number of amides is 3. The van der Waals surface area contributed by atoms with Crippen molar-refractivity contribution in [1.29, 1.82) is 0 Å². The summed E-state index contributed by atoms with van der Waals surface area (Å²) in [5, 5.41) is 4.81. The fourth-order valence-electron chi connectivity index (χ4n) is 1.93. The normalized spacial score (nSPS) is 9.95. The Morgan fingerprint density at radius 2 is 1.62 bits per heavy atom. The van der Waals surface area contributed by atoms with Crippen LogP contribution < -0.4 is 10.6 Å². The first-order valence-corrected chi connectivity index (χ1v) is 7.01. The molecule has 5 heteroatoms. The maximum atomic E-state index is 11.7. The number of urea groups is 1. The number of rotatable bonds is 4. The molecule has 0 heterocycles. The summed E-state index contributed by atoms with van der Waals surface area (Å²) in [6, 6.07) is 16.8. The maximum Gasteiger partial charge on any atom is 0.325 e. The van der Waals surface area contributed by atoms with Crippen LogP contribution in [0.25, 0.3) is 0 Å². The summed E-state index contributed by atoms with van der Waals surface area (Å²) >= 11 is 5.35. The summed E-state index contributed by atoms with van der Waals surface area (Å²) in [7, 11) is 0. The van der Waals surface area contributed by atoms with Gasteiger partial charge in [-0.05, 0) is 23.6 Å². The SMILES string of the molecule is O=C(CCl)NC(=O)Nc1ccccc1Cc1ccccc1. The number of imide groups is 1. The molecule has 0 aliphatic carbocycles. The third kappa shape index (κ3) is 4.61. The van der Waals surface area contributed by atoms with Crippen LogP contribution in [0, 0.1) is 0 Å². The van der Waals surface area contributed by atoms with Gasteiger partial charge in [-0.25, -0.2) is 4.79 Å². The molecule has 4 nitrogen and oxygen atoms in total. The van der Waals surface area contributed by atoms with Gasteiger partial charge in [0.2, 0.25) is 5.91 Å². The zero-order valence-electron chi connectivity index (χ0n) is 11.3. The minimum atomic E-state index is -0.582. The van der Waals surface area contributed by atoms with Crippen LogP contribution in [-0.4, -0.2) is 17.8 Å². The van der Waals surface area contributed by atoms with Gasteiger partial charge in [0.05, 0.1) is 0 Å². The van der Waals surface area contributed by atoms with Gasteiger partial charge in [0, 0.05) is 5.69 Å². The number of para-hydroxylation sites is 1. The molecule has 0 saturated heterocycles. The summed E-state index contributed by atoms with van der Waals surface area (Å²) in [6.07, 6.45) is 0.695. The van der Waals surface area contributed by atoms with E-state index in [0.29, 0.717) is 12.1 Å². The molecule has 2 aromatic rings. The number of anilines is 1. The van der Waals surface area contributed by atoms with E-state index in [-0.39, 0.29) is 5.88 Å². The van der Waals surface area contributed by atoms with E-state index in [1.807, 2.05) is 48.5 Å². The average molecular weight is 303 g/mol. The Kier molecular flexibility index (Phi) is 5.35. The van der Waals surface area contributed by atoms with Crippen LogP contribution >= 0.6 is 11.6 Å². The van der Waals surface area contributed by atoms with Gasteiger partial charge in [0.1, 0.15) is 5.88 Å². The Balaban J connectivity index is 2.10. The second-order valence-electron chi connectivity index (χ2n) is 4.46.